The Morgan fingerprint density at radius 1 is 1.19 bits per heavy atom. The molecule has 1 heterocycles. The molecular weight excluding hydrogens is 420 g/mol. The van der Waals surface area contributed by atoms with E-state index in [4.69, 9.17) is 16.1 Å². The van der Waals surface area contributed by atoms with Gasteiger partial charge >= 0.3 is 0 Å². The summed E-state index contributed by atoms with van der Waals surface area (Å²) in [5.41, 5.74) is 9.33. The molecule has 0 spiro atoms. The maximum Gasteiger partial charge on any atom is 0.279 e. The molecular formula is C24H32N6OS. The van der Waals surface area contributed by atoms with Crippen LogP contribution in [0.15, 0.2) is 58.7 Å². The van der Waals surface area contributed by atoms with Crippen LogP contribution in [0, 0.1) is 11.4 Å². The van der Waals surface area contributed by atoms with E-state index in [-0.39, 0.29) is 0 Å². The third-order valence-corrected chi connectivity index (χ3v) is 6.45. The van der Waals surface area contributed by atoms with Gasteiger partial charge in [0, 0.05) is 19.5 Å². The van der Waals surface area contributed by atoms with Crippen LogP contribution in [0.2, 0.25) is 0 Å². The highest BCUT2D eigenvalue weighted by Gasteiger charge is 2.11. The maximum atomic E-state index is 7.09. The smallest absolute Gasteiger partial charge is 0.279 e. The molecule has 0 bridgehead atoms. The number of fused-ring (bicyclic) bond motifs is 1. The van der Waals surface area contributed by atoms with Crippen molar-refractivity contribution in [2.24, 2.45) is 22.0 Å². The molecule has 170 valence electrons. The van der Waals surface area contributed by atoms with E-state index in [1.165, 1.54) is 5.56 Å². The zero-order valence-corrected chi connectivity index (χ0v) is 19.6. The first-order chi connectivity index (χ1) is 15.6. The Morgan fingerprint density at radius 2 is 1.97 bits per heavy atom. The van der Waals surface area contributed by atoms with Gasteiger partial charge in [0.25, 0.3) is 5.19 Å². The Labute approximate surface area is 193 Å². The molecule has 1 unspecified atom stereocenters. The average Bonchev–Trinajstić information content (AvgIpc) is 3.23. The first-order valence-electron chi connectivity index (χ1n) is 11.1. The number of nitrogens with zero attached hydrogens (tertiary/aromatic N) is 4. The number of hydrazone groups is 1. The van der Waals surface area contributed by atoms with E-state index in [0.717, 1.165) is 54.9 Å². The van der Waals surface area contributed by atoms with Gasteiger partial charge in [0.1, 0.15) is 5.75 Å². The summed E-state index contributed by atoms with van der Waals surface area (Å²) in [6.07, 6.45) is 3.66. The van der Waals surface area contributed by atoms with Crippen LogP contribution in [0.4, 0.5) is 0 Å². The van der Waals surface area contributed by atoms with Crippen LogP contribution in [0.5, 0.6) is 10.9 Å². The first-order valence-corrected chi connectivity index (χ1v) is 11.9. The number of amidine groups is 1. The van der Waals surface area contributed by atoms with Gasteiger partial charge in [0.15, 0.2) is 5.84 Å². The standard InChI is InChI=1S/C24H32N6OS/c1-3-18(2)17-30(15-6-9-23(28-25)29-26)16-14-19-10-12-20(13-11-19)31-24-27-21-7-4-5-8-22(21)32-24/h4-5,7-8,10-13,18,25H,3,6,9,14-17,26H2,1-2H3/b28-25?,29-23-. The monoisotopic (exact) mass is 452 g/mol. The molecule has 0 radical (unpaired) electrons. The molecule has 3 aromatic rings. The minimum absolute atomic E-state index is 0.400. The van der Waals surface area contributed by atoms with E-state index < -0.39 is 0 Å². The van der Waals surface area contributed by atoms with Gasteiger partial charge in [-0.2, -0.15) is 5.10 Å². The van der Waals surface area contributed by atoms with Crippen molar-refractivity contribution in [1.82, 2.24) is 9.88 Å². The number of aromatic nitrogens is 1. The lowest BCUT2D eigenvalue weighted by atomic mass is 10.1. The highest BCUT2D eigenvalue weighted by Crippen LogP contribution is 2.31. The number of nitrogens with two attached hydrogens (primary N) is 1. The number of hydrogen-bond donors (Lipinski definition) is 2. The molecule has 1 atom stereocenters. The Balaban J connectivity index is 1.53. The second-order valence-corrected chi connectivity index (χ2v) is 9.01. The Kier molecular flexibility index (Phi) is 9.13. The summed E-state index contributed by atoms with van der Waals surface area (Å²) in [6.45, 7) is 7.49. The predicted octanol–water partition coefficient (Wildman–Crippen LogP) is 6.06. The van der Waals surface area contributed by atoms with Gasteiger partial charge in [-0.3, -0.25) is 0 Å². The molecule has 0 saturated heterocycles. The largest absolute Gasteiger partial charge is 0.431 e. The van der Waals surface area contributed by atoms with Crippen LogP contribution in [-0.4, -0.2) is 35.4 Å². The molecule has 7 nitrogen and oxygen atoms in total. The minimum Gasteiger partial charge on any atom is -0.431 e. The van der Waals surface area contributed by atoms with E-state index in [9.17, 15) is 0 Å². The van der Waals surface area contributed by atoms with Crippen molar-refractivity contribution >= 4 is 27.4 Å². The molecule has 0 saturated carbocycles. The van der Waals surface area contributed by atoms with Crippen molar-refractivity contribution in [3.05, 3.63) is 54.1 Å². The summed E-state index contributed by atoms with van der Waals surface area (Å²) in [4.78, 5) is 7.02. The summed E-state index contributed by atoms with van der Waals surface area (Å²) in [6, 6.07) is 16.3. The second kappa shape index (κ2) is 12.3. The predicted molar refractivity (Wildman–Crippen MR) is 132 cm³/mol. The number of hydrogen-bond acceptors (Lipinski definition) is 7. The van der Waals surface area contributed by atoms with Crippen molar-refractivity contribution in [2.75, 3.05) is 19.6 Å². The van der Waals surface area contributed by atoms with Crippen molar-refractivity contribution < 1.29 is 4.74 Å². The fourth-order valence-electron chi connectivity index (χ4n) is 3.48. The van der Waals surface area contributed by atoms with E-state index in [1.807, 2.05) is 30.3 Å². The summed E-state index contributed by atoms with van der Waals surface area (Å²) < 4.78 is 7.09. The van der Waals surface area contributed by atoms with Crippen molar-refractivity contribution in [1.29, 1.82) is 5.53 Å². The Morgan fingerprint density at radius 3 is 2.66 bits per heavy atom. The van der Waals surface area contributed by atoms with Crippen LogP contribution >= 0.6 is 11.3 Å². The van der Waals surface area contributed by atoms with Crippen LogP contribution in [0.25, 0.3) is 10.2 Å². The first kappa shape index (κ1) is 23.8. The third kappa shape index (κ3) is 7.10. The van der Waals surface area contributed by atoms with Crippen LogP contribution in [0.1, 0.15) is 38.7 Å². The summed E-state index contributed by atoms with van der Waals surface area (Å²) >= 11 is 1.56. The fraction of sp³-hybridized carbons (Fsp3) is 0.417. The van der Waals surface area contributed by atoms with Gasteiger partial charge in [-0.05, 0) is 55.1 Å². The topological polar surface area (TPSA) is 100.0 Å². The number of para-hydroxylation sites is 1. The third-order valence-electron chi connectivity index (χ3n) is 5.54. The quantitative estimate of drug-likeness (QED) is 0.115. The van der Waals surface area contributed by atoms with E-state index in [2.05, 4.69) is 52.1 Å². The SMILES string of the molecule is CCC(C)CN(CCC/C(N=N)=N/N)CCc1ccc(Oc2nc3ccccc3s2)cc1. The minimum atomic E-state index is 0.400. The molecule has 0 aliphatic carbocycles. The van der Waals surface area contributed by atoms with Gasteiger partial charge < -0.3 is 15.5 Å². The summed E-state index contributed by atoms with van der Waals surface area (Å²) in [7, 11) is 0. The lowest BCUT2D eigenvalue weighted by molar-refractivity contribution is 0.235. The Bertz CT molecular complexity index is 984. The number of thiazole rings is 1. The highest BCUT2D eigenvalue weighted by molar-refractivity contribution is 7.20. The molecule has 0 aliphatic rings. The van der Waals surface area contributed by atoms with Gasteiger partial charge in [-0.1, -0.05) is 55.9 Å². The molecule has 0 fully saturated rings. The molecule has 0 aliphatic heterocycles. The molecule has 32 heavy (non-hydrogen) atoms. The van der Waals surface area contributed by atoms with Crippen molar-refractivity contribution in [2.45, 2.75) is 39.5 Å². The van der Waals surface area contributed by atoms with Gasteiger partial charge in [-0.15, -0.1) is 5.11 Å². The normalized spacial score (nSPS) is 12.9. The lowest BCUT2D eigenvalue weighted by Gasteiger charge is -2.25. The molecule has 3 N–H and O–H groups in total. The summed E-state index contributed by atoms with van der Waals surface area (Å²) in [5, 5.41) is 7.58. The molecule has 1 aromatic heterocycles. The van der Waals surface area contributed by atoms with E-state index >= 15 is 0 Å². The number of rotatable bonds is 12. The lowest BCUT2D eigenvalue weighted by Crippen LogP contribution is -2.31. The number of ether oxygens (including phenoxy) is 1. The number of nitrogens with one attached hydrogen (secondary N) is 1. The molecule has 8 heteroatoms. The van der Waals surface area contributed by atoms with Crippen molar-refractivity contribution in [3.63, 3.8) is 0 Å². The summed E-state index contributed by atoms with van der Waals surface area (Å²) in [5.74, 6) is 7.11. The second-order valence-electron chi connectivity index (χ2n) is 8.02. The zero-order valence-electron chi connectivity index (χ0n) is 18.8. The molecule has 2 aromatic carbocycles. The molecule has 0 amide bonds. The van der Waals surface area contributed by atoms with Gasteiger partial charge in [-0.25, -0.2) is 10.5 Å². The van der Waals surface area contributed by atoms with Gasteiger partial charge in [0.2, 0.25) is 0 Å². The van der Waals surface area contributed by atoms with Crippen LogP contribution < -0.4 is 10.6 Å². The van der Waals surface area contributed by atoms with Crippen molar-refractivity contribution in [3.8, 4) is 10.9 Å². The maximum absolute atomic E-state index is 7.09. The average molecular weight is 453 g/mol. The highest BCUT2D eigenvalue weighted by atomic mass is 32.1. The van der Waals surface area contributed by atoms with Crippen LogP contribution in [0.3, 0.4) is 0 Å². The van der Waals surface area contributed by atoms with E-state index in [1.54, 1.807) is 11.3 Å². The van der Waals surface area contributed by atoms with E-state index in [0.29, 0.717) is 23.4 Å². The number of benzene rings is 2. The zero-order chi connectivity index (χ0) is 22.8. The molecule has 3 rings (SSSR count). The fourth-order valence-corrected chi connectivity index (χ4v) is 4.32. The van der Waals surface area contributed by atoms with Crippen LogP contribution in [-0.2, 0) is 6.42 Å². The Hall–Kier alpha value is -2.84. The van der Waals surface area contributed by atoms with Gasteiger partial charge in [0.05, 0.1) is 10.2 Å².